The Morgan fingerprint density at radius 3 is 2.57 bits per heavy atom. The van der Waals surface area contributed by atoms with E-state index in [2.05, 4.69) is 46.3 Å². The molecule has 0 aliphatic heterocycles. The number of rotatable bonds is 7. The van der Waals surface area contributed by atoms with E-state index in [1.165, 1.54) is 67.5 Å². The van der Waals surface area contributed by atoms with Crippen LogP contribution in [0, 0.1) is 0 Å². The molecular weight excluding hydrogens is 432 g/mol. The van der Waals surface area contributed by atoms with E-state index in [-0.39, 0.29) is 5.91 Å². The summed E-state index contributed by atoms with van der Waals surface area (Å²) in [4.78, 5) is 12.8. The van der Waals surface area contributed by atoms with Crippen molar-refractivity contribution in [2.45, 2.75) is 64.2 Å². The van der Waals surface area contributed by atoms with E-state index in [0.29, 0.717) is 12.1 Å². The Bertz CT molecular complexity index is 1200. The minimum absolute atomic E-state index is 0.00677. The molecule has 0 fully saturated rings. The topological polar surface area (TPSA) is 43.3 Å². The lowest BCUT2D eigenvalue weighted by molar-refractivity contribution is 0.0954. The fourth-order valence-corrected chi connectivity index (χ4v) is 5.50. The maximum Gasteiger partial charge on any atom is 0.251 e. The molecule has 0 saturated carbocycles. The van der Waals surface area contributed by atoms with Crippen LogP contribution in [-0.4, -0.2) is 24.1 Å². The molecule has 0 bridgehead atoms. The van der Waals surface area contributed by atoms with Crippen molar-refractivity contribution in [3.63, 3.8) is 0 Å². The van der Waals surface area contributed by atoms with E-state index >= 15 is 0 Å². The van der Waals surface area contributed by atoms with Crippen molar-refractivity contribution >= 4 is 5.91 Å². The van der Waals surface area contributed by atoms with Gasteiger partial charge in [0.25, 0.3) is 5.91 Å². The predicted molar refractivity (Wildman–Crippen MR) is 143 cm³/mol. The first-order chi connectivity index (χ1) is 17.2. The lowest BCUT2D eigenvalue weighted by Gasteiger charge is -2.16. The van der Waals surface area contributed by atoms with Gasteiger partial charge in [-0.25, -0.2) is 0 Å². The molecule has 0 spiro atoms. The second-order valence-corrected chi connectivity index (χ2v) is 9.79. The number of hydrogen-bond donors (Lipinski definition) is 1. The fraction of sp³-hybridized carbons (Fsp3) is 0.387. The van der Waals surface area contributed by atoms with Crippen molar-refractivity contribution in [1.82, 2.24) is 9.88 Å². The van der Waals surface area contributed by atoms with Crippen molar-refractivity contribution in [2.24, 2.45) is 0 Å². The lowest BCUT2D eigenvalue weighted by Crippen LogP contribution is -2.24. The molecule has 182 valence electrons. The number of amides is 1. The van der Waals surface area contributed by atoms with E-state index in [4.69, 9.17) is 4.74 Å². The molecule has 1 aromatic heterocycles. The highest BCUT2D eigenvalue weighted by Gasteiger charge is 2.20. The molecule has 0 saturated heterocycles. The number of fused-ring (bicyclic) bond motifs is 1. The van der Waals surface area contributed by atoms with Crippen molar-refractivity contribution in [2.75, 3.05) is 13.7 Å². The van der Waals surface area contributed by atoms with Crippen molar-refractivity contribution in [1.29, 1.82) is 0 Å². The molecule has 1 N–H and O–H groups in total. The number of hydrogen-bond acceptors (Lipinski definition) is 2. The van der Waals surface area contributed by atoms with Gasteiger partial charge in [-0.1, -0.05) is 30.2 Å². The van der Waals surface area contributed by atoms with Crippen LogP contribution in [0.3, 0.4) is 0 Å². The Morgan fingerprint density at radius 2 is 1.77 bits per heavy atom. The Labute approximate surface area is 209 Å². The molecule has 2 aromatic carbocycles. The molecule has 0 unspecified atom stereocenters. The molecule has 0 radical (unpaired) electrons. The fourth-order valence-electron chi connectivity index (χ4n) is 5.50. The third kappa shape index (κ3) is 5.37. The first-order valence-electron chi connectivity index (χ1n) is 13.2. The summed E-state index contributed by atoms with van der Waals surface area (Å²) in [6.45, 7) is 0.706. The van der Waals surface area contributed by atoms with E-state index in [9.17, 15) is 4.79 Å². The van der Waals surface area contributed by atoms with Gasteiger partial charge in [-0.3, -0.25) is 4.79 Å². The third-order valence-corrected chi connectivity index (χ3v) is 7.42. The largest absolute Gasteiger partial charge is 0.497 e. The van der Waals surface area contributed by atoms with Crippen LogP contribution in [0.25, 0.3) is 16.9 Å². The number of aryl methyl sites for hydroxylation is 1. The highest BCUT2D eigenvalue weighted by Crippen LogP contribution is 2.34. The van der Waals surface area contributed by atoms with Crippen LogP contribution >= 0.6 is 0 Å². The zero-order chi connectivity index (χ0) is 24.0. The third-order valence-electron chi connectivity index (χ3n) is 7.42. The molecule has 4 nitrogen and oxygen atoms in total. The van der Waals surface area contributed by atoms with Crippen molar-refractivity contribution in [3.8, 4) is 22.7 Å². The van der Waals surface area contributed by atoms with Crippen molar-refractivity contribution < 1.29 is 9.53 Å². The number of nitrogens with one attached hydrogen (secondary N) is 1. The summed E-state index contributed by atoms with van der Waals surface area (Å²) in [6, 6.07) is 18.8. The summed E-state index contributed by atoms with van der Waals surface area (Å²) < 4.78 is 7.90. The van der Waals surface area contributed by atoms with Gasteiger partial charge in [-0.05, 0) is 106 Å². The number of allylic oxidation sites excluding steroid dienone is 1. The first kappa shape index (κ1) is 23.5. The summed E-state index contributed by atoms with van der Waals surface area (Å²) >= 11 is 0. The summed E-state index contributed by atoms with van der Waals surface area (Å²) in [6.07, 6.45) is 14.2. The highest BCUT2D eigenvalue weighted by atomic mass is 16.5. The molecule has 4 heteroatoms. The second kappa shape index (κ2) is 11.0. The first-order valence-corrected chi connectivity index (χ1v) is 13.2. The van der Waals surface area contributed by atoms with Crippen LogP contribution in [0.4, 0.5) is 0 Å². The zero-order valence-electron chi connectivity index (χ0n) is 20.8. The minimum atomic E-state index is 0.00677. The molecule has 0 atom stereocenters. The highest BCUT2D eigenvalue weighted by molar-refractivity contribution is 5.94. The molecule has 2 aliphatic carbocycles. The number of benzene rings is 2. The number of ether oxygens (including phenoxy) is 1. The van der Waals surface area contributed by atoms with Gasteiger partial charge in [0.05, 0.1) is 12.8 Å². The van der Waals surface area contributed by atoms with E-state index in [1.54, 1.807) is 7.11 Å². The van der Waals surface area contributed by atoms with Crippen LogP contribution in [0.15, 0.2) is 66.2 Å². The SMILES string of the molecule is COc1cccc(-c2cc3c(n2-c2ccc(C(=O)NCCC4=CCCCC4)cc2)CCCCC3)c1. The van der Waals surface area contributed by atoms with Crippen LogP contribution in [0.5, 0.6) is 5.75 Å². The Hall–Kier alpha value is -3.27. The van der Waals surface area contributed by atoms with Gasteiger partial charge >= 0.3 is 0 Å². The number of carbonyl (C=O) groups excluding carboxylic acids is 1. The Kier molecular flexibility index (Phi) is 7.37. The van der Waals surface area contributed by atoms with Gasteiger partial charge in [0.15, 0.2) is 0 Å². The van der Waals surface area contributed by atoms with Crippen LogP contribution in [-0.2, 0) is 12.8 Å². The number of nitrogens with zero attached hydrogens (tertiary/aromatic N) is 1. The Balaban J connectivity index is 1.39. The molecular formula is C31H36N2O2. The van der Waals surface area contributed by atoms with Crippen LogP contribution < -0.4 is 10.1 Å². The monoisotopic (exact) mass is 468 g/mol. The number of methoxy groups -OCH3 is 1. The van der Waals surface area contributed by atoms with E-state index < -0.39 is 0 Å². The van der Waals surface area contributed by atoms with Crippen molar-refractivity contribution in [3.05, 3.63) is 83.1 Å². The second-order valence-electron chi connectivity index (χ2n) is 9.79. The van der Waals surface area contributed by atoms with Crippen LogP contribution in [0.1, 0.15) is 73.0 Å². The van der Waals surface area contributed by atoms with Gasteiger partial charge < -0.3 is 14.6 Å². The molecule has 1 heterocycles. The quantitative estimate of drug-likeness (QED) is 0.298. The Morgan fingerprint density at radius 1 is 0.943 bits per heavy atom. The van der Waals surface area contributed by atoms with E-state index in [0.717, 1.165) is 36.3 Å². The summed E-state index contributed by atoms with van der Waals surface area (Å²) in [5.74, 6) is 0.869. The molecule has 35 heavy (non-hydrogen) atoms. The molecule has 3 aromatic rings. The average molecular weight is 469 g/mol. The summed E-state index contributed by atoms with van der Waals surface area (Å²) in [7, 11) is 1.71. The van der Waals surface area contributed by atoms with E-state index in [1.807, 2.05) is 24.3 Å². The standard InChI is InChI=1S/C31H36N2O2/c1-35-28-13-8-12-25(21-28)30-22-26-11-6-3-7-14-29(26)33(30)27-17-15-24(16-18-27)31(34)32-20-19-23-9-4-2-5-10-23/h8-9,12-13,15-18,21-22H,2-7,10-11,14,19-20H2,1H3,(H,32,34). The minimum Gasteiger partial charge on any atom is -0.497 e. The number of aromatic nitrogens is 1. The van der Waals surface area contributed by atoms with Gasteiger partial charge in [0, 0.05) is 29.1 Å². The molecule has 1 amide bonds. The van der Waals surface area contributed by atoms with Crippen LogP contribution in [0.2, 0.25) is 0 Å². The normalized spacial score (nSPS) is 15.6. The van der Waals surface area contributed by atoms with Gasteiger partial charge in [0.1, 0.15) is 5.75 Å². The maximum absolute atomic E-state index is 12.8. The maximum atomic E-state index is 12.8. The summed E-state index contributed by atoms with van der Waals surface area (Å²) in [5, 5.41) is 3.11. The lowest BCUT2D eigenvalue weighted by atomic mass is 9.97. The van der Waals surface area contributed by atoms with Gasteiger partial charge in [-0.2, -0.15) is 0 Å². The van der Waals surface area contributed by atoms with Gasteiger partial charge in [0.2, 0.25) is 0 Å². The zero-order valence-corrected chi connectivity index (χ0v) is 20.8. The summed E-state index contributed by atoms with van der Waals surface area (Å²) in [5.41, 5.74) is 8.50. The average Bonchev–Trinajstić information content (AvgIpc) is 3.11. The van der Waals surface area contributed by atoms with Gasteiger partial charge in [-0.15, -0.1) is 0 Å². The smallest absolute Gasteiger partial charge is 0.251 e. The predicted octanol–water partition coefficient (Wildman–Crippen LogP) is 7.04. The number of carbonyl (C=O) groups is 1. The molecule has 5 rings (SSSR count). The molecule has 2 aliphatic rings.